The van der Waals surface area contributed by atoms with Gasteiger partial charge in [-0.05, 0) is 23.2 Å². The van der Waals surface area contributed by atoms with Gasteiger partial charge in [-0.15, -0.1) is 0 Å². The number of allylic oxidation sites excluding steroid dienone is 2. The molecule has 0 aliphatic heterocycles. The Morgan fingerprint density at radius 2 is 1.85 bits per heavy atom. The lowest BCUT2D eigenvalue weighted by molar-refractivity contribution is 0.591. The van der Waals surface area contributed by atoms with E-state index in [2.05, 4.69) is 42.8 Å². The maximum Gasteiger partial charge on any atom is -0.00610 e. The van der Waals surface area contributed by atoms with Gasteiger partial charge in [0.05, 0.1) is 0 Å². The summed E-state index contributed by atoms with van der Waals surface area (Å²) < 4.78 is 1.41. The quantitative estimate of drug-likeness (QED) is 0.537. The van der Waals surface area contributed by atoms with Crippen LogP contribution in [0.4, 0.5) is 0 Å². The molecule has 1 heteroatoms. The fourth-order valence-electron chi connectivity index (χ4n) is 1.29. The summed E-state index contributed by atoms with van der Waals surface area (Å²) >= 11 is 3.66. The molecule has 0 amide bonds. The van der Waals surface area contributed by atoms with Gasteiger partial charge in [-0.3, -0.25) is 0 Å². The highest BCUT2D eigenvalue weighted by Crippen LogP contribution is 2.23. The van der Waals surface area contributed by atoms with E-state index in [4.69, 9.17) is 0 Å². The topological polar surface area (TPSA) is 0 Å². The number of hydrogen-bond donors (Lipinski definition) is 0. The molecule has 0 saturated carbocycles. The molecule has 0 aromatic carbocycles. The van der Waals surface area contributed by atoms with Gasteiger partial charge in [0.1, 0.15) is 0 Å². The first-order valence-electron chi connectivity index (χ1n) is 5.57. The third-order valence-electron chi connectivity index (χ3n) is 2.36. The molecule has 0 radical (unpaired) electrons. The van der Waals surface area contributed by atoms with Gasteiger partial charge in [0.15, 0.2) is 0 Å². The van der Waals surface area contributed by atoms with Crippen LogP contribution in [0.3, 0.4) is 0 Å². The van der Waals surface area contributed by atoms with E-state index in [1.165, 1.54) is 43.0 Å². The Bertz CT molecular complexity index is 138. The van der Waals surface area contributed by atoms with E-state index in [0.717, 1.165) is 5.92 Å². The van der Waals surface area contributed by atoms with Crippen LogP contribution in [0.25, 0.3) is 0 Å². The van der Waals surface area contributed by atoms with Crippen molar-refractivity contribution in [1.29, 1.82) is 0 Å². The van der Waals surface area contributed by atoms with E-state index in [1.54, 1.807) is 0 Å². The van der Waals surface area contributed by atoms with Crippen LogP contribution in [-0.4, -0.2) is 0 Å². The van der Waals surface area contributed by atoms with Gasteiger partial charge in [0.2, 0.25) is 0 Å². The zero-order valence-electron chi connectivity index (χ0n) is 9.28. The third-order valence-corrected chi connectivity index (χ3v) is 3.46. The average Bonchev–Trinajstić information content (AvgIpc) is 2.14. The van der Waals surface area contributed by atoms with Crippen molar-refractivity contribution in [3.8, 4) is 0 Å². The predicted octanol–water partition coefficient (Wildman–Crippen LogP) is 5.28. The molecule has 1 unspecified atom stereocenters. The standard InChI is InChI=1S/C12H23Br/c1-4-6-8-10-12(13)11(3)9-7-5-2/h10-11H,4-9H2,1-3H3/b12-10+. The molecule has 0 aromatic heterocycles. The normalized spacial score (nSPS) is 14.6. The van der Waals surface area contributed by atoms with Crippen LogP contribution in [0.15, 0.2) is 10.6 Å². The molecule has 0 heterocycles. The summed E-state index contributed by atoms with van der Waals surface area (Å²) in [7, 11) is 0. The molecule has 0 aromatic rings. The summed E-state index contributed by atoms with van der Waals surface area (Å²) in [5.41, 5.74) is 0. The Balaban J connectivity index is 3.65. The zero-order valence-corrected chi connectivity index (χ0v) is 10.9. The second kappa shape index (κ2) is 8.80. The molecule has 13 heavy (non-hydrogen) atoms. The van der Waals surface area contributed by atoms with Crippen molar-refractivity contribution in [2.45, 2.75) is 59.3 Å². The van der Waals surface area contributed by atoms with Gasteiger partial charge in [-0.1, -0.05) is 68.5 Å². The lowest BCUT2D eigenvalue weighted by Crippen LogP contribution is -1.93. The maximum atomic E-state index is 3.66. The van der Waals surface area contributed by atoms with Crippen LogP contribution >= 0.6 is 15.9 Å². The Morgan fingerprint density at radius 1 is 1.23 bits per heavy atom. The van der Waals surface area contributed by atoms with E-state index >= 15 is 0 Å². The SMILES string of the molecule is CCCC/C=C(/Br)C(C)CCCC. The van der Waals surface area contributed by atoms with Gasteiger partial charge in [-0.25, -0.2) is 0 Å². The monoisotopic (exact) mass is 246 g/mol. The van der Waals surface area contributed by atoms with Crippen molar-refractivity contribution in [1.82, 2.24) is 0 Å². The Labute approximate surface area is 91.9 Å². The lowest BCUT2D eigenvalue weighted by Gasteiger charge is -2.09. The average molecular weight is 247 g/mol. The van der Waals surface area contributed by atoms with Crippen molar-refractivity contribution in [2.24, 2.45) is 5.92 Å². The molecular formula is C12H23Br. The summed E-state index contributed by atoms with van der Waals surface area (Å²) in [6, 6.07) is 0. The summed E-state index contributed by atoms with van der Waals surface area (Å²) in [6.45, 7) is 6.80. The smallest absolute Gasteiger partial charge is 0.00610 e. The molecule has 0 rings (SSSR count). The highest BCUT2D eigenvalue weighted by Gasteiger charge is 2.03. The van der Waals surface area contributed by atoms with Crippen LogP contribution in [-0.2, 0) is 0 Å². The molecule has 0 nitrogen and oxygen atoms in total. The number of unbranched alkanes of at least 4 members (excludes halogenated alkanes) is 3. The highest BCUT2D eigenvalue weighted by atomic mass is 79.9. The molecule has 1 atom stereocenters. The molecule has 0 aliphatic carbocycles. The fraction of sp³-hybridized carbons (Fsp3) is 0.833. The minimum atomic E-state index is 0.719. The Hall–Kier alpha value is 0.220. The fourth-order valence-corrected chi connectivity index (χ4v) is 1.75. The summed E-state index contributed by atoms with van der Waals surface area (Å²) in [5, 5.41) is 0. The minimum Gasteiger partial charge on any atom is -0.0741 e. The van der Waals surface area contributed by atoms with Crippen molar-refractivity contribution in [3.05, 3.63) is 10.6 Å². The van der Waals surface area contributed by atoms with Crippen LogP contribution in [0.1, 0.15) is 59.3 Å². The molecule has 0 saturated heterocycles. The summed E-state index contributed by atoms with van der Waals surface area (Å²) in [4.78, 5) is 0. The van der Waals surface area contributed by atoms with Crippen molar-refractivity contribution in [3.63, 3.8) is 0 Å². The number of halogens is 1. The number of hydrogen-bond acceptors (Lipinski definition) is 0. The Morgan fingerprint density at radius 3 is 2.38 bits per heavy atom. The minimum absolute atomic E-state index is 0.719. The van der Waals surface area contributed by atoms with Gasteiger partial charge in [-0.2, -0.15) is 0 Å². The molecule has 0 fully saturated rings. The first-order chi connectivity index (χ1) is 6.22. The van der Waals surface area contributed by atoms with Crippen molar-refractivity contribution >= 4 is 15.9 Å². The molecule has 78 valence electrons. The van der Waals surface area contributed by atoms with E-state index < -0.39 is 0 Å². The van der Waals surface area contributed by atoms with E-state index in [0.29, 0.717) is 0 Å². The van der Waals surface area contributed by atoms with Crippen LogP contribution in [0, 0.1) is 5.92 Å². The van der Waals surface area contributed by atoms with E-state index in [-0.39, 0.29) is 0 Å². The highest BCUT2D eigenvalue weighted by molar-refractivity contribution is 9.11. The third kappa shape index (κ3) is 7.30. The molecule has 0 spiro atoms. The van der Waals surface area contributed by atoms with Crippen molar-refractivity contribution in [2.75, 3.05) is 0 Å². The largest absolute Gasteiger partial charge is 0.0741 e. The van der Waals surface area contributed by atoms with Crippen molar-refractivity contribution < 1.29 is 0 Å². The second-order valence-corrected chi connectivity index (χ2v) is 4.69. The molecule has 0 aliphatic rings. The van der Waals surface area contributed by atoms with Gasteiger partial charge < -0.3 is 0 Å². The van der Waals surface area contributed by atoms with Crippen LogP contribution in [0.5, 0.6) is 0 Å². The van der Waals surface area contributed by atoms with Crippen LogP contribution < -0.4 is 0 Å². The predicted molar refractivity (Wildman–Crippen MR) is 65.2 cm³/mol. The second-order valence-electron chi connectivity index (χ2n) is 3.77. The summed E-state index contributed by atoms with van der Waals surface area (Å²) in [6.07, 6.45) is 10.2. The number of rotatable bonds is 7. The van der Waals surface area contributed by atoms with E-state index in [1.807, 2.05) is 0 Å². The first kappa shape index (κ1) is 13.2. The van der Waals surface area contributed by atoms with Gasteiger partial charge >= 0.3 is 0 Å². The first-order valence-corrected chi connectivity index (χ1v) is 6.37. The Kier molecular flexibility index (Phi) is 8.95. The molecule has 0 N–H and O–H groups in total. The van der Waals surface area contributed by atoms with Crippen LogP contribution in [0.2, 0.25) is 0 Å². The summed E-state index contributed by atoms with van der Waals surface area (Å²) in [5.74, 6) is 0.719. The lowest BCUT2D eigenvalue weighted by atomic mass is 10.0. The van der Waals surface area contributed by atoms with Gasteiger partial charge in [0.25, 0.3) is 0 Å². The van der Waals surface area contributed by atoms with E-state index in [9.17, 15) is 0 Å². The van der Waals surface area contributed by atoms with Gasteiger partial charge in [0, 0.05) is 0 Å². The molecular weight excluding hydrogens is 224 g/mol. The zero-order chi connectivity index (χ0) is 10.1. The maximum absolute atomic E-state index is 3.66. The molecule has 0 bridgehead atoms.